The summed E-state index contributed by atoms with van der Waals surface area (Å²) in [6.45, 7) is 4.72. The zero-order chi connectivity index (χ0) is 12.1. The van der Waals surface area contributed by atoms with Gasteiger partial charge in [-0.15, -0.1) is 23.7 Å². The highest BCUT2D eigenvalue weighted by Gasteiger charge is 2.16. The van der Waals surface area contributed by atoms with Crippen LogP contribution in [0.5, 0.6) is 0 Å². The Labute approximate surface area is 121 Å². The van der Waals surface area contributed by atoms with Gasteiger partial charge in [0.05, 0.1) is 0 Å². The number of rotatable bonds is 5. The predicted molar refractivity (Wildman–Crippen MR) is 79.0 cm³/mol. The highest BCUT2D eigenvalue weighted by atomic mass is 79.9. The first-order valence-corrected chi connectivity index (χ1v) is 6.95. The van der Waals surface area contributed by atoms with E-state index in [1.54, 1.807) is 0 Å². The molecule has 0 aromatic carbocycles. The van der Waals surface area contributed by atoms with Crippen LogP contribution in [0.15, 0.2) is 15.9 Å². The molecule has 0 fully saturated rings. The van der Waals surface area contributed by atoms with Crippen molar-refractivity contribution in [3.63, 3.8) is 0 Å². The van der Waals surface area contributed by atoms with E-state index in [0.29, 0.717) is 17.3 Å². The van der Waals surface area contributed by atoms with Gasteiger partial charge in [-0.1, -0.05) is 13.8 Å². The number of thiophene rings is 1. The number of nitrogens with one attached hydrogen (secondary N) is 1. The molecule has 1 aromatic rings. The van der Waals surface area contributed by atoms with E-state index in [2.05, 4.69) is 35.1 Å². The third-order valence-corrected chi connectivity index (χ3v) is 4.04. The summed E-state index contributed by atoms with van der Waals surface area (Å²) in [4.78, 5) is 12.6. The molecule has 3 N–H and O–H groups in total. The molecule has 0 saturated heterocycles. The molecule has 3 nitrogen and oxygen atoms in total. The maximum absolute atomic E-state index is 11.9. The molecule has 1 aromatic heterocycles. The van der Waals surface area contributed by atoms with E-state index in [1.165, 1.54) is 11.3 Å². The maximum atomic E-state index is 11.9. The van der Waals surface area contributed by atoms with Gasteiger partial charge in [0.25, 0.3) is 5.91 Å². The summed E-state index contributed by atoms with van der Waals surface area (Å²) in [5.74, 6) is 0.485. The van der Waals surface area contributed by atoms with Crippen LogP contribution in [0.4, 0.5) is 0 Å². The molecule has 17 heavy (non-hydrogen) atoms. The van der Waals surface area contributed by atoms with E-state index >= 15 is 0 Å². The van der Waals surface area contributed by atoms with Gasteiger partial charge in [0.15, 0.2) is 0 Å². The minimum atomic E-state index is -0.0435. The molecule has 1 unspecified atom stereocenters. The largest absolute Gasteiger partial charge is 0.347 e. The Balaban J connectivity index is 0.00000256. The average molecular weight is 342 g/mol. The molecule has 1 atom stereocenters. The molecule has 0 aliphatic rings. The second kappa shape index (κ2) is 8.08. The number of halogens is 2. The van der Waals surface area contributed by atoms with Gasteiger partial charge in [-0.3, -0.25) is 4.79 Å². The monoisotopic (exact) mass is 340 g/mol. The molecule has 1 amide bonds. The molecule has 0 aliphatic heterocycles. The minimum Gasteiger partial charge on any atom is -0.347 e. The summed E-state index contributed by atoms with van der Waals surface area (Å²) in [7, 11) is 0. The van der Waals surface area contributed by atoms with Crippen molar-refractivity contribution in [3.8, 4) is 0 Å². The second-order valence-corrected chi connectivity index (χ2v) is 5.90. The molecule has 0 bridgehead atoms. The second-order valence-electron chi connectivity index (χ2n) is 4.13. The number of carbonyl (C=O) groups excluding carboxylic acids is 1. The van der Waals surface area contributed by atoms with Crippen LogP contribution in [0.25, 0.3) is 0 Å². The summed E-state index contributed by atoms with van der Waals surface area (Å²) in [5.41, 5.74) is 5.64. The Hall–Kier alpha value is -0.100. The lowest BCUT2D eigenvalue weighted by Gasteiger charge is -2.18. The van der Waals surface area contributed by atoms with Crippen molar-refractivity contribution in [2.75, 3.05) is 6.54 Å². The highest BCUT2D eigenvalue weighted by Crippen LogP contribution is 2.22. The van der Waals surface area contributed by atoms with Crippen molar-refractivity contribution in [2.45, 2.75) is 26.3 Å². The standard InChI is InChI=1S/C11H17BrN2OS.ClH/c1-7(2)5-8(6-13)14-11(15)10-9(12)3-4-16-10;/h3-4,7-8H,5-6,13H2,1-2H3,(H,14,15);1H. The summed E-state index contributed by atoms with van der Waals surface area (Å²) in [6, 6.07) is 1.93. The summed E-state index contributed by atoms with van der Waals surface area (Å²) < 4.78 is 0.843. The number of carbonyl (C=O) groups is 1. The van der Waals surface area contributed by atoms with Crippen LogP contribution < -0.4 is 11.1 Å². The summed E-state index contributed by atoms with van der Waals surface area (Å²) in [6.07, 6.45) is 0.908. The van der Waals surface area contributed by atoms with Crippen LogP contribution in [0.1, 0.15) is 29.9 Å². The van der Waals surface area contributed by atoms with Crippen LogP contribution in [0.3, 0.4) is 0 Å². The van der Waals surface area contributed by atoms with E-state index in [9.17, 15) is 4.79 Å². The molecular weight excluding hydrogens is 324 g/mol. The number of nitrogens with two attached hydrogens (primary N) is 1. The fourth-order valence-corrected chi connectivity index (χ4v) is 2.94. The van der Waals surface area contributed by atoms with Crippen molar-refractivity contribution in [3.05, 3.63) is 20.8 Å². The van der Waals surface area contributed by atoms with Gasteiger partial charge in [-0.05, 0) is 39.7 Å². The predicted octanol–water partition coefficient (Wildman–Crippen LogP) is 3.04. The molecule has 0 aliphatic carbocycles. The van der Waals surface area contributed by atoms with E-state index < -0.39 is 0 Å². The first-order chi connectivity index (χ1) is 7.54. The van der Waals surface area contributed by atoms with Gasteiger partial charge in [-0.2, -0.15) is 0 Å². The smallest absolute Gasteiger partial charge is 0.262 e. The number of amides is 1. The fraction of sp³-hybridized carbons (Fsp3) is 0.545. The summed E-state index contributed by atoms with van der Waals surface area (Å²) >= 11 is 4.78. The molecule has 0 saturated carbocycles. The van der Waals surface area contributed by atoms with E-state index in [-0.39, 0.29) is 24.4 Å². The molecule has 98 valence electrons. The Morgan fingerprint density at radius 2 is 2.24 bits per heavy atom. The van der Waals surface area contributed by atoms with Crippen LogP contribution in [0, 0.1) is 5.92 Å². The Kier molecular flexibility index (Phi) is 8.03. The summed E-state index contributed by atoms with van der Waals surface area (Å²) in [5, 5.41) is 4.85. The van der Waals surface area contributed by atoms with E-state index in [4.69, 9.17) is 5.73 Å². The van der Waals surface area contributed by atoms with Crippen molar-refractivity contribution < 1.29 is 4.79 Å². The Morgan fingerprint density at radius 1 is 1.59 bits per heavy atom. The third-order valence-electron chi connectivity index (χ3n) is 2.20. The molecule has 1 heterocycles. The van der Waals surface area contributed by atoms with Crippen LogP contribution in [-0.2, 0) is 0 Å². The Bertz CT molecular complexity index is 357. The quantitative estimate of drug-likeness (QED) is 0.865. The van der Waals surface area contributed by atoms with Crippen molar-refractivity contribution in [1.82, 2.24) is 5.32 Å². The molecule has 1 rings (SSSR count). The van der Waals surface area contributed by atoms with Gasteiger partial charge in [0, 0.05) is 17.1 Å². The molecule has 0 radical (unpaired) electrons. The van der Waals surface area contributed by atoms with Crippen molar-refractivity contribution >= 4 is 45.6 Å². The molecule has 0 spiro atoms. The topological polar surface area (TPSA) is 55.1 Å². The number of hydrogen-bond acceptors (Lipinski definition) is 3. The number of hydrogen-bond donors (Lipinski definition) is 2. The zero-order valence-electron chi connectivity index (χ0n) is 9.90. The maximum Gasteiger partial charge on any atom is 0.262 e. The third kappa shape index (κ3) is 5.38. The first-order valence-electron chi connectivity index (χ1n) is 5.28. The van der Waals surface area contributed by atoms with Gasteiger partial charge in [-0.25, -0.2) is 0 Å². The van der Waals surface area contributed by atoms with Crippen molar-refractivity contribution in [1.29, 1.82) is 0 Å². The minimum absolute atomic E-state index is 0. The van der Waals surface area contributed by atoms with Gasteiger partial charge in [0.2, 0.25) is 0 Å². The molecule has 6 heteroatoms. The van der Waals surface area contributed by atoms with E-state index in [0.717, 1.165) is 10.9 Å². The average Bonchev–Trinajstić information content (AvgIpc) is 2.62. The first kappa shape index (κ1) is 16.9. The normalized spacial score (nSPS) is 12.1. The van der Waals surface area contributed by atoms with Gasteiger partial charge >= 0.3 is 0 Å². The van der Waals surface area contributed by atoms with Crippen LogP contribution in [-0.4, -0.2) is 18.5 Å². The van der Waals surface area contributed by atoms with Gasteiger partial charge in [0.1, 0.15) is 4.88 Å². The SMILES string of the molecule is CC(C)CC(CN)NC(=O)c1sccc1Br.Cl. The Morgan fingerprint density at radius 3 is 2.65 bits per heavy atom. The van der Waals surface area contributed by atoms with Crippen LogP contribution >= 0.6 is 39.7 Å². The zero-order valence-corrected chi connectivity index (χ0v) is 13.1. The fourth-order valence-electron chi connectivity index (χ4n) is 1.49. The lowest BCUT2D eigenvalue weighted by molar-refractivity contribution is 0.0937. The molecular formula is C11H18BrClN2OS. The lowest BCUT2D eigenvalue weighted by Crippen LogP contribution is -2.40. The van der Waals surface area contributed by atoms with Crippen LogP contribution in [0.2, 0.25) is 0 Å². The van der Waals surface area contributed by atoms with Crippen molar-refractivity contribution in [2.24, 2.45) is 11.7 Å². The highest BCUT2D eigenvalue weighted by molar-refractivity contribution is 9.10. The lowest BCUT2D eigenvalue weighted by atomic mass is 10.0. The van der Waals surface area contributed by atoms with E-state index in [1.807, 2.05) is 11.4 Å². The van der Waals surface area contributed by atoms with Gasteiger partial charge < -0.3 is 11.1 Å².